The van der Waals surface area contributed by atoms with Gasteiger partial charge in [0.2, 0.25) is 5.91 Å². The number of thiophene rings is 1. The van der Waals surface area contributed by atoms with Gasteiger partial charge in [0.1, 0.15) is 5.01 Å². The Morgan fingerprint density at radius 1 is 1.43 bits per heavy atom. The number of nitrogens with one attached hydrogen (secondary N) is 1. The first-order chi connectivity index (χ1) is 11.0. The molecule has 0 bridgehead atoms. The maximum Gasteiger partial charge on any atom is 0.228 e. The predicted octanol–water partition coefficient (Wildman–Crippen LogP) is 3.66. The van der Waals surface area contributed by atoms with Crippen molar-refractivity contribution in [3.8, 4) is 6.07 Å². The molecule has 2 aromatic rings. The molecule has 1 amide bonds. The third-order valence-electron chi connectivity index (χ3n) is 3.61. The number of hydrogen-bond acceptors (Lipinski definition) is 6. The van der Waals surface area contributed by atoms with E-state index >= 15 is 0 Å². The maximum atomic E-state index is 12.7. The zero-order valence-corrected chi connectivity index (χ0v) is 14.4. The number of ketones is 1. The quantitative estimate of drug-likeness (QED) is 0.838. The van der Waals surface area contributed by atoms with Crippen LogP contribution in [-0.2, 0) is 4.79 Å². The number of carbonyl (C=O) groups is 2. The van der Waals surface area contributed by atoms with E-state index in [0.29, 0.717) is 14.9 Å². The molecular formula is C16H15N3O2S2. The number of hydrogen-bond donors (Lipinski definition) is 1. The average molecular weight is 345 g/mol. The number of amides is 1. The van der Waals surface area contributed by atoms with E-state index in [2.05, 4.69) is 16.4 Å². The predicted molar refractivity (Wildman–Crippen MR) is 89.9 cm³/mol. The van der Waals surface area contributed by atoms with Crippen LogP contribution < -0.4 is 5.32 Å². The third-order valence-corrected chi connectivity index (χ3v) is 5.81. The van der Waals surface area contributed by atoms with E-state index in [1.54, 1.807) is 6.07 Å². The van der Waals surface area contributed by atoms with Crippen molar-refractivity contribution in [1.29, 1.82) is 5.26 Å². The highest BCUT2D eigenvalue weighted by atomic mass is 32.1. The van der Waals surface area contributed by atoms with Gasteiger partial charge in [-0.05, 0) is 38.3 Å². The highest BCUT2D eigenvalue weighted by molar-refractivity contribution is 7.18. The molecule has 2 aromatic heterocycles. The summed E-state index contributed by atoms with van der Waals surface area (Å²) in [4.78, 5) is 29.3. The highest BCUT2D eigenvalue weighted by Gasteiger charge is 2.31. The molecule has 23 heavy (non-hydrogen) atoms. The van der Waals surface area contributed by atoms with E-state index in [0.717, 1.165) is 24.1 Å². The van der Waals surface area contributed by atoms with Gasteiger partial charge in [0.05, 0.1) is 15.9 Å². The average Bonchev–Trinajstić information content (AvgIpc) is 3.19. The molecular weight excluding hydrogens is 330 g/mol. The van der Waals surface area contributed by atoms with Gasteiger partial charge in [0.15, 0.2) is 11.7 Å². The van der Waals surface area contributed by atoms with E-state index in [4.69, 9.17) is 0 Å². The van der Waals surface area contributed by atoms with Gasteiger partial charge in [0, 0.05) is 17.0 Å². The highest BCUT2D eigenvalue weighted by Crippen LogP contribution is 2.35. The number of thiazole rings is 1. The van der Waals surface area contributed by atoms with Crippen molar-refractivity contribution < 1.29 is 9.59 Å². The van der Waals surface area contributed by atoms with E-state index in [1.807, 2.05) is 19.2 Å². The van der Waals surface area contributed by atoms with Crippen LogP contribution in [0.4, 0.5) is 5.00 Å². The summed E-state index contributed by atoms with van der Waals surface area (Å²) in [5, 5.41) is 15.2. The molecule has 2 heterocycles. The molecule has 1 atom stereocenters. The van der Waals surface area contributed by atoms with E-state index in [9.17, 15) is 14.9 Å². The standard InChI is InChI=1S/C16H15N3O2S2/c1-8-5-12(19-15(21)10-3-4-10)23-14(8)13(20)11(6-17)16-18-9(2)7-22-16/h5,7,10-11H,3-4H2,1-2H3,(H,19,21). The number of nitriles is 1. The molecule has 0 aromatic carbocycles. The van der Waals surface area contributed by atoms with Crippen molar-refractivity contribution in [2.24, 2.45) is 5.92 Å². The Bertz CT molecular complexity index is 812. The number of carbonyl (C=O) groups excluding carboxylic acids is 2. The topological polar surface area (TPSA) is 82.9 Å². The summed E-state index contributed by atoms with van der Waals surface area (Å²) < 4.78 is 0. The van der Waals surface area contributed by atoms with Crippen molar-refractivity contribution in [1.82, 2.24) is 4.98 Å². The first-order valence-electron chi connectivity index (χ1n) is 7.26. The number of nitrogens with zero attached hydrogens (tertiary/aromatic N) is 2. The molecule has 0 spiro atoms. The summed E-state index contributed by atoms with van der Waals surface area (Å²) >= 11 is 2.55. The van der Waals surface area contributed by atoms with Crippen LogP contribution in [0.3, 0.4) is 0 Å². The first-order valence-corrected chi connectivity index (χ1v) is 8.96. The molecule has 118 valence electrons. The first kappa shape index (κ1) is 15.8. The number of anilines is 1. The lowest BCUT2D eigenvalue weighted by molar-refractivity contribution is -0.117. The van der Waals surface area contributed by atoms with E-state index < -0.39 is 5.92 Å². The van der Waals surface area contributed by atoms with Gasteiger partial charge in [-0.1, -0.05) is 0 Å². The second-order valence-electron chi connectivity index (χ2n) is 5.64. The lowest BCUT2D eigenvalue weighted by Gasteiger charge is -2.04. The van der Waals surface area contributed by atoms with Crippen LogP contribution in [0, 0.1) is 31.1 Å². The van der Waals surface area contributed by atoms with Gasteiger partial charge in [-0.3, -0.25) is 9.59 Å². The minimum absolute atomic E-state index is 0.0117. The van der Waals surface area contributed by atoms with Crippen molar-refractivity contribution in [3.63, 3.8) is 0 Å². The molecule has 0 aliphatic heterocycles. The normalized spacial score (nSPS) is 15.0. The third kappa shape index (κ3) is 3.33. The fourth-order valence-corrected chi connectivity index (χ4v) is 4.10. The van der Waals surface area contributed by atoms with Crippen molar-refractivity contribution in [2.45, 2.75) is 32.6 Å². The second kappa shape index (κ2) is 6.22. The molecule has 1 aliphatic rings. The molecule has 1 N–H and O–H groups in total. The number of Topliss-reactive ketones (excluding diaryl/α,β-unsaturated/α-hetero) is 1. The fraction of sp³-hybridized carbons (Fsp3) is 0.375. The number of aromatic nitrogens is 1. The summed E-state index contributed by atoms with van der Waals surface area (Å²) in [6.07, 6.45) is 1.86. The Hall–Kier alpha value is -2.04. The zero-order chi connectivity index (χ0) is 16.6. The molecule has 3 rings (SSSR count). The largest absolute Gasteiger partial charge is 0.317 e. The van der Waals surface area contributed by atoms with Crippen molar-refractivity contribution in [3.05, 3.63) is 32.6 Å². The lowest BCUT2D eigenvalue weighted by Crippen LogP contribution is -2.12. The lowest BCUT2D eigenvalue weighted by atomic mass is 10.0. The van der Waals surface area contributed by atoms with Crippen LogP contribution in [0.2, 0.25) is 0 Å². The molecule has 7 heteroatoms. The Morgan fingerprint density at radius 2 is 2.17 bits per heavy atom. The fourth-order valence-electron chi connectivity index (χ4n) is 2.22. The molecule has 1 fully saturated rings. The summed E-state index contributed by atoms with van der Waals surface area (Å²) in [6.45, 7) is 3.65. The SMILES string of the molecule is Cc1csc(C(C#N)C(=O)c2sc(NC(=O)C3CC3)cc2C)n1. The molecule has 1 aliphatic carbocycles. The molecule has 0 radical (unpaired) electrons. The molecule has 1 saturated carbocycles. The zero-order valence-electron chi connectivity index (χ0n) is 12.8. The second-order valence-corrected chi connectivity index (χ2v) is 7.58. The van der Waals surface area contributed by atoms with Gasteiger partial charge >= 0.3 is 0 Å². The monoisotopic (exact) mass is 345 g/mol. The number of aryl methyl sites for hydroxylation is 2. The van der Waals surface area contributed by atoms with Crippen LogP contribution in [0.5, 0.6) is 0 Å². The summed E-state index contributed by atoms with van der Waals surface area (Å²) in [5.74, 6) is -1.02. The summed E-state index contributed by atoms with van der Waals surface area (Å²) in [7, 11) is 0. The van der Waals surface area contributed by atoms with Gasteiger partial charge in [-0.15, -0.1) is 22.7 Å². The number of rotatable bonds is 5. The molecule has 0 saturated heterocycles. The van der Waals surface area contributed by atoms with Crippen molar-refractivity contribution >= 4 is 39.4 Å². The molecule has 5 nitrogen and oxygen atoms in total. The minimum Gasteiger partial charge on any atom is -0.317 e. The van der Waals surface area contributed by atoms with Gasteiger partial charge in [-0.2, -0.15) is 5.26 Å². The van der Waals surface area contributed by atoms with Crippen LogP contribution in [0.1, 0.15) is 44.7 Å². The van der Waals surface area contributed by atoms with Gasteiger partial charge < -0.3 is 5.32 Å². The van der Waals surface area contributed by atoms with Gasteiger partial charge in [0.25, 0.3) is 0 Å². The molecule has 1 unspecified atom stereocenters. The van der Waals surface area contributed by atoms with Crippen LogP contribution in [-0.4, -0.2) is 16.7 Å². The van der Waals surface area contributed by atoms with Crippen LogP contribution in [0.15, 0.2) is 11.4 Å². The Labute approximate surface area is 142 Å². The van der Waals surface area contributed by atoms with Crippen molar-refractivity contribution in [2.75, 3.05) is 5.32 Å². The minimum atomic E-state index is -0.891. The van der Waals surface area contributed by atoms with E-state index in [1.165, 1.54) is 22.7 Å². The Balaban J connectivity index is 1.82. The van der Waals surface area contributed by atoms with E-state index in [-0.39, 0.29) is 17.6 Å². The maximum absolute atomic E-state index is 12.7. The smallest absolute Gasteiger partial charge is 0.228 e. The van der Waals surface area contributed by atoms with Gasteiger partial charge in [-0.25, -0.2) is 4.98 Å². The summed E-state index contributed by atoms with van der Waals surface area (Å²) in [5.41, 5.74) is 1.58. The van der Waals surface area contributed by atoms with Crippen LogP contribution >= 0.6 is 22.7 Å². The Kier molecular flexibility index (Phi) is 4.28. The Morgan fingerprint density at radius 3 is 2.74 bits per heavy atom. The van der Waals surface area contributed by atoms with Crippen LogP contribution in [0.25, 0.3) is 0 Å². The summed E-state index contributed by atoms with van der Waals surface area (Å²) in [6, 6.07) is 3.84.